The van der Waals surface area contributed by atoms with E-state index in [1.165, 1.54) is 19.3 Å². The number of hydrogen-bond donors (Lipinski definition) is 2. The van der Waals surface area contributed by atoms with Gasteiger partial charge in [-0.05, 0) is 91.3 Å². The van der Waals surface area contributed by atoms with Gasteiger partial charge in [-0.15, -0.1) is 0 Å². The highest BCUT2D eigenvalue weighted by atomic mass is 16.4. The summed E-state index contributed by atoms with van der Waals surface area (Å²) in [5.41, 5.74) is 0.138. The van der Waals surface area contributed by atoms with Crippen molar-refractivity contribution in [2.45, 2.75) is 91.1 Å². The molecule has 0 aromatic carbocycles. The fourth-order valence-electron chi connectivity index (χ4n) is 8.52. The van der Waals surface area contributed by atoms with Gasteiger partial charge in [0, 0.05) is 19.3 Å². The third-order valence-electron chi connectivity index (χ3n) is 10.2. The van der Waals surface area contributed by atoms with Crippen LogP contribution in [0.2, 0.25) is 0 Å². The topological polar surface area (TPSA) is 74.6 Å². The lowest BCUT2D eigenvalue weighted by molar-refractivity contribution is -0.171. The number of aliphatic hydroxyl groups is 1. The first kappa shape index (κ1) is 20.4. The minimum absolute atomic E-state index is 0.0766. The summed E-state index contributed by atoms with van der Waals surface area (Å²) >= 11 is 0. The van der Waals surface area contributed by atoms with Crippen molar-refractivity contribution in [3.05, 3.63) is 0 Å². The molecule has 0 radical (unpaired) electrons. The first-order valence-corrected chi connectivity index (χ1v) is 11.6. The Labute approximate surface area is 169 Å². The van der Waals surface area contributed by atoms with Crippen LogP contribution in [0.1, 0.15) is 85.0 Å². The largest absolute Gasteiger partial charge is 0.481 e. The Morgan fingerprint density at radius 1 is 1.18 bits per heavy atom. The molecule has 4 aliphatic carbocycles. The zero-order valence-electron chi connectivity index (χ0n) is 17.8. The Bertz CT molecular complexity index is 645. The molecule has 158 valence electrons. The number of fused-ring (bicyclic) bond motifs is 5. The van der Waals surface area contributed by atoms with Gasteiger partial charge < -0.3 is 10.2 Å². The summed E-state index contributed by atoms with van der Waals surface area (Å²) in [6.45, 7) is 6.93. The fourth-order valence-corrected chi connectivity index (χ4v) is 8.52. The SMILES string of the molecule is C[C@H](CCC(=O)O)C1CC[C@H]2[C@@H]3CC[C@@H]4CC(=O)CC[C@]4(C)[C@H]3C[C@H](O)[C@]12C. The highest BCUT2D eigenvalue weighted by Crippen LogP contribution is 2.68. The molecular formula is C24H38O4. The Balaban J connectivity index is 1.57. The van der Waals surface area contributed by atoms with Gasteiger partial charge in [0.2, 0.25) is 0 Å². The minimum Gasteiger partial charge on any atom is -0.481 e. The number of aliphatic carboxylic acids is 1. The Kier molecular flexibility index (Phi) is 5.17. The number of ketones is 1. The molecular weight excluding hydrogens is 352 g/mol. The maximum absolute atomic E-state index is 12.1. The maximum Gasteiger partial charge on any atom is 0.303 e. The van der Waals surface area contributed by atoms with E-state index in [0.717, 1.165) is 32.1 Å². The van der Waals surface area contributed by atoms with Crippen LogP contribution in [0.15, 0.2) is 0 Å². The number of carbonyl (C=O) groups excluding carboxylic acids is 1. The van der Waals surface area contributed by atoms with E-state index in [1.807, 2.05) is 0 Å². The molecule has 4 fully saturated rings. The van der Waals surface area contributed by atoms with Crippen molar-refractivity contribution in [1.29, 1.82) is 0 Å². The van der Waals surface area contributed by atoms with Crippen LogP contribution < -0.4 is 0 Å². The first-order chi connectivity index (χ1) is 13.2. The second-order valence-corrected chi connectivity index (χ2v) is 11.1. The molecule has 4 heteroatoms. The fraction of sp³-hybridized carbons (Fsp3) is 0.917. The van der Waals surface area contributed by atoms with Crippen LogP contribution >= 0.6 is 0 Å². The number of Topliss-reactive ketones (excluding diaryl/α,β-unsaturated/α-hetero) is 1. The predicted octanol–water partition coefficient (Wildman–Crippen LogP) is 4.69. The standard InChI is InChI=1S/C24H38O4/c1-14(4-9-22(27)28)18-7-8-19-17-6-5-15-12-16(25)10-11-23(15,2)20(17)13-21(26)24(18,19)3/h14-15,17-21,26H,4-13H2,1-3H3,(H,27,28)/t14-,15-,17+,18?,19+,20+,21+,23+,24-/m1/s1. The van der Waals surface area contributed by atoms with Crippen LogP contribution in [0.5, 0.6) is 0 Å². The molecule has 0 bridgehead atoms. The molecule has 0 aliphatic heterocycles. The van der Waals surface area contributed by atoms with E-state index in [2.05, 4.69) is 20.8 Å². The van der Waals surface area contributed by atoms with Gasteiger partial charge in [-0.2, -0.15) is 0 Å². The predicted molar refractivity (Wildman–Crippen MR) is 108 cm³/mol. The molecule has 0 aromatic heterocycles. The lowest BCUT2D eigenvalue weighted by Gasteiger charge is -2.62. The number of carboxylic acid groups (broad SMARTS) is 1. The molecule has 0 aromatic rings. The first-order valence-electron chi connectivity index (χ1n) is 11.6. The van der Waals surface area contributed by atoms with Crippen LogP contribution in [-0.2, 0) is 9.59 Å². The summed E-state index contributed by atoms with van der Waals surface area (Å²) in [4.78, 5) is 23.1. The van der Waals surface area contributed by atoms with E-state index >= 15 is 0 Å². The van der Waals surface area contributed by atoms with E-state index in [1.54, 1.807) is 0 Å². The summed E-state index contributed by atoms with van der Waals surface area (Å²) in [5, 5.41) is 20.5. The lowest BCUT2D eigenvalue weighted by Crippen LogP contribution is -2.58. The monoisotopic (exact) mass is 390 g/mol. The van der Waals surface area contributed by atoms with Gasteiger partial charge in [-0.25, -0.2) is 0 Å². The van der Waals surface area contributed by atoms with Gasteiger partial charge in [0.25, 0.3) is 0 Å². The molecule has 4 aliphatic rings. The van der Waals surface area contributed by atoms with E-state index in [9.17, 15) is 14.7 Å². The second-order valence-electron chi connectivity index (χ2n) is 11.1. The normalized spacial score (nSPS) is 49.1. The maximum atomic E-state index is 12.1. The zero-order valence-corrected chi connectivity index (χ0v) is 17.8. The van der Waals surface area contributed by atoms with Gasteiger partial charge in [0.1, 0.15) is 5.78 Å². The van der Waals surface area contributed by atoms with Crippen LogP contribution in [-0.4, -0.2) is 28.1 Å². The quantitative estimate of drug-likeness (QED) is 0.730. The van der Waals surface area contributed by atoms with Crippen LogP contribution in [0.25, 0.3) is 0 Å². The molecule has 0 spiro atoms. The summed E-state index contributed by atoms with van der Waals surface area (Å²) in [6, 6.07) is 0. The van der Waals surface area contributed by atoms with Crippen LogP contribution in [0.4, 0.5) is 0 Å². The third kappa shape index (κ3) is 2.97. The zero-order chi connectivity index (χ0) is 20.3. The number of aliphatic hydroxyl groups excluding tert-OH is 1. The van der Waals surface area contributed by atoms with Crippen molar-refractivity contribution in [3.8, 4) is 0 Å². The number of carboxylic acids is 1. The van der Waals surface area contributed by atoms with Gasteiger partial charge >= 0.3 is 5.97 Å². The van der Waals surface area contributed by atoms with Gasteiger partial charge in [-0.1, -0.05) is 20.8 Å². The van der Waals surface area contributed by atoms with Crippen molar-refractivity contribution in [2.75, 3.05) is 0 Å². The molecule has 0 heterocycles. The number of carbonyl (C=O) groups is 2. The van der Waals surface area contributed by atoms with E-state index < -0.39 is 5.97 Å². The molecule has 4 nitrogen and oxygen atoms in total. The molecule has 2 N–H and O–H groups in total. The summed E-state index contributed by atoms with van der Waals surface area (Å²) in [6.07, 6.45) is 8.69. The van der Waals surface area contributed by atoms with Gasteiger partial charge in [-0.3, -0.25) is 9.59 Å². The smallest absolute Gasteiger partial charge is 0.303 e. The molecule has 0 saturated heterocycles. The number of hydrogen-bond acceptors (Lipinski definition) is 3. The second kappa shape index (κ2) is 7.11. The Morgan fingerprint density at radius 3 is 2.64 bits per heavy atom. The van der Waals surface area contributed by atoms with Crippen molar-refractivity contribution in [3.63, 3.8) is 0 Å². The molecule has 4 rings (SSSR count). The molecule has 9 atom stereocenters. The third-order valence-corrected chi connectivity index (χ3v) is 10.2. The number of rotatable bonds is 4. The van der Waals surface area contributed by atoms with Crippen LogP contribution in [0.3, 0.4) is 0 Å². The highest BCUT2D eigenvalue weighted by Gasteiger charge is 2.63. The summed E-state index contributed by atoms with van der Waals surface area (Å²) in [7, 11) is 0. The van der Waals surface area contributed by atoms with Crippen molar-refractivity contribution < 1.29 is 19.8 Å². The van der Waals surface area contributed by atoms with E-state index in [0.29, 0.717) is 47.7 Å². The summed E-state index contributed by atoms with van der Waals surface area (Å²) in [5.74, 6) is 2.76. The highest BCUT2D eigenvalue weighted by molar-refractivity contribution is 5.79. The Morgan fingerprint density at radius 2 is 1.93 bits per heavy atom. The van der Waals surface area contributed by atoms with E-state index in [-0.39, 0.29) is 23.4 Å². The molecule has 28 heavy (non-hydrogen) atoms. The molecule has 1 unspecified atom stereocenters. The van der Waals surface area contributed by atoms with Crippen molar-refractivity contribution in [1.82, 2.24) is 0 Å². The van der Waals surface area contributed by atoms with E-state index in [4.69, 9.17) is 5.11 Å². The van der Waals surface area contributed by atoms with Gasteiger partial charge in [0.05, 0.1) is 6.10 Å². The summed E-state index contributed by atoms with van der Waals surface area (Å²) < 4.78 is 0. The lowest BCUT2D eigenvalue weighted by atomic mass is 9.44. The average molecular weight is 391 g/mol. The van der Waals surface area contributed by atoms with Crippen molar-refractivity contribution in [2.24, 2.45) is 46.3 Å². The molecule has 4 saturated carbocycles. The Hall–Kier alpha value is -0.900. The molecule has 0 amide bonds. The van der Waals surface area contributed by atoms with Gasteiger partial charge in [0.15, 0.2) is 0 Å². The van der Waals surface area contributed by atoms with Crippen molar-refractivity contribution >= 4 is 11.8 Å². The minimum atomic E-state index is -0.714. The van der Waals surface area contributed by atoms with Crippen LogP contribution in [0, 0.1) is 46.3 Å². The average Bonchev–Trinajstić information content (AvgIpc) is 3.00.